The fourth-order valence-electron chi connectivity index (χ4n) is 3.15. The highest BCUT2D eigenvalue weighted by molar-refractivity contribution is 7.92. The SMILES string of the molecule is COc1ccccc1CN(C)C(=O)C(C)N(c1ccc(C)c(C)c1)S(C)(=O)=O. The topological polar surface area (TPSA) is 66.9 Å². The van der Waals surface area contributed by atoms with Gasteiger partial charge < -0.3 is 9.64 Å². The Morgan fingerprint density at radius 2 is 1.75 bits per heavy atom. The van der Waals surface area contributed by atoms with Crippen LogP contribution in [0.15, 0.2) is 42.5 Å². The summed E-state index contributed by atoms with van der Waals surface area (Å²) in [5.41, 5.74) is 3.36. The first kappa shape index (κ1) is 21.8. The molecule has 0 aliphatic rings. The Hall–Kier alpha value is -2.54. The van der Waals surface area contributed by atoms with Crippen LogP contribution in [0.1, 0.15) is 23.6 Å². The first-order chi connectivity index (χ1) is 13.1. The van der Waals surface area contributed by atoms with E-state index in [-0.39, 0.29) is 5.91 Å². The summed E-state index contributed by atoms with van der Waals surface area (Å²) >= 11 is 0. The van der Waals surface area contributed by atoms with Gasteiger partial charge in [0, 0.05) is 19.2 Å². The molecule has 1 atom stereocenters. The van der Waals surface area contributed by atoms with Crippen LogP contribution in [0.4, 0.5) is 5.69 Å². The lowest BCUT2D eigenvalue weighted by Gasteiger charge is -2.31. The van der Waals surface area contributed by atoms with E-state index in [0.717, 1.165) is 22.9 Å². The number of methoxy groups -OCH3 is 1. The predicted molar refractivity (Wildman–Crippen MR) is 112 cm³/mol. The molecule has 0 aromatic heterocycles. The van der Waals surface area contributed by atoms with Crippen molar-refractivity contribution in [2.24, 2.45) is 0 Å². The first-order valence-electron chi connectivity index (χ1n) is 8.99. The molecule has 28 heavy (non-hydrogen) atoms. The van der Waals surface area contributed by atoms with E-state index in [1.54, 1.807) is 33.2 Å². The number of amides is 1. The minimum absolute atomic E-state index is 0.297. The first-order valence-corrected chi connectivity index (χ1v) is 10.8. The number of carbonyl (C=O) groups excluding carboxylic acids is 1. The minimum atomic E-state index is -3.65. The maximum absolute atomic E-state index is 13.0. The summed E-state index contributed by atoms with van der Waals surface area (Å²) in [6.45, 7) is 5.80. The number of aryl methyl sites for hydroxylation is 2. The third kappa shape index (κ3) is 4.84. The van der Waals surface area contributed by atoms with Crippen LogP contribution in [0, 0.1) is 13.8 Å². The van der Waals surface area contributed by atoms with E-state index < -0.39 is 16.1 Å². The Bertz CT molecular complexity index is 957. The van der Waals surface area contributed by atoms with Crippen LogP contribution >= 0.6 is 0 Å². The molecule has 2 aromatic rings. The van der Waals surface area contributed by atoms with Gasteiger partial charge in [0.1, 0.15) is 11.8 Å². The van der Waals surface area contributed by atoms with E-state index >= 15 is 0 Å². The zero-order valence-electron chi connectivity index (χ0n) is 17.3. The molecule has 0 heterocycles. The molecule has 0 bridgehead atoms. The monoisotopic (exact) mass is 404 g/mol. The summed E-state index contributed by atoms with van der Waals surface area (Å²) in [6.07, 6.45) is 1.12. The fraction of sp³-hybridized carbons (Fsp3) is 0.381. The number of benzene rings is 2. The van der Waals surface area contributed by atoms with Crippen LogP contribution < -0.4 is 9.04 Å². The van der Waals surface area contributed by atoms with Crippen molar-refractivity contribution in [2.45, 2.75) is 33.4 Å². The number of likely N-dealkylation sites (N-methyl/N-ethyl adjacent to an activating group) is 1. The maximum atomic E-state index is 13.0. The molecule has 1 amide bonds. The number of rotatable bonds is 7. The van der Waals surface area contributed by atoms with Crippen molar-refractivity contribution < 1.29 is 17.9 Å². The molecule has 7 heteroatoms. The van der Waals surface area contributed by atoms with Crippen LogP contribution in [-0.2, 0) is 21.4 Å². The molecule has 2 rings (SSSR count). The van der Waals surface area contributed by atoms with E-state index in [9.17, 15) is 13.2 Å². The lowest BCUT2D eigenvalue weighted by Crippen LogP contribution is -2.48. The molecule has 0 saturated carbocycles. The van der Waals surface area contributed by atoms with E-state index in [4.69, 9.17) is 4.74 Å². The minimum Gasteiger partial charge on any atom is -0.496 e. The van der Waals surface area contributed by atoms with E-state index in [0.29, 0.717) is 18.0 Å². The van der Waals surface area contributed by atoms with E-state index in [1.807, 2.05) is 44.2 Å². The zero-order valence-corrected chi connectivity index (χ0v) is 18.1. The summed E-state index contributed by atoms with van der Waals surface area (Å²) < 4.78 is 31.5. The van der Waals surface area contributed by atoms with Crippen molar-refractivity contribution in [1.29, 1.82) is 0 Å². The average molecular weight is 405 g/mol. The number of ether oxygens (including phenoxy) is 1. The van der Waals surface area contributed by atoms with Gasteiger partial charge in [-0.05, 0) is 50.1 Å². The van der Waals surface area contributed by atoms with Gasteiger partial charge in [0.25, 0.3) is 0 Å². The highest BCUT2D eigenvalue weighted by Crippen LogP contribution is 2.25. The number of carbonyl (C=O) groups is 1. The number of anilines is 1. The molecule has 0 saturated heterocycles. The van der Waals surface area contributed by atoms with Crippen LogP contribution in [-0.4, -0.2) is 45.7 Å². The Labute approximate surface area is 167 Å². The Balaban J connectivity index is 2.31. The second-order valence-electron chi connectivity index (χ2n) is 7.01. The van der Waals surface area contributed by atoms with Crippen LogP contribution in [0.2, 0.25) is 0 Å². The molecule has 0 spiro atoms. The highest BCUT2D eigenvalue weighted by Gasteiger charge is 2.31. The van der Waals surface area contributed by atoms with Crippen molar-refractivity contribution in [3.8, 4) is 5.75 Å². The number of hydrogen-bond acceptors (Lipinski definition) is 4. The maximum Gasteiger partial charge on any atom is 0.246 e. The third-order valence-electron chi connectivity index (χ3n) is 4.79. The van der Waals surface area contributed by atoms with Gasteiger partial charge in [-0.25, -0.2) is 8.42 Å². The normalized spacial score (nSPS) is 12.4. The zero-order chi connectivity index (χ0) is 21.1. The van der Waals surface area contributed by atoms with Gasteiger partial charge in [0.05, 0.1) is 19.1 Å². The van der Waals surface area contributed by atoms with Gasteiger partial charge in [-0.2, -0.15) is 0 Å². The van der Waals surface area contributed by atoms with Crippen molar-refractivity contribution in [3.63, 3.8) is 0 Å². The largest absolute Gasteiger partial charge is 0.496 e. The molecule has 6 nitrogen and oxygen atoms in total. The molecule has 0 aliphatic carbocycles. The smallest absolute Gasteiger partial charge is 0.246 e. The molecule has 0 N–H and O–H groups in total. The summed E-state index contributed by atoms with van der Waals surface area (Å²) in [5, 5.41) is 0. The summed E-state index contributed by atoms with van der Waals surface area (Å²) in [4.78, 5) is 14.6. The number of hydrogen-bond donors (Lipinski definition) is 0. The summed E-state index contributed by atoms with van der Waals surface area (Å²) in [7, 11) is -0.413. The van der Waals surface area contributed by atoms with E-state index in [1.165, 1.54) is 9.21 Å². The Kier molecular flexibility index (Phi) is 6.72. The van der Waals surface area contributed by atoms with Gasteiger partial charge in [-0.15, -0.1) is 0 Å². The molecular weight excluding hydrogens is 376 g/mol. The van der Waals surface area contributed by atoms with E-state index in [2.05, 4.69) is 0 Å². The number of nitrogens with zero attached hydrogens (tertiary/aromatic N) is 2. The van der Waals surface area contributed by atoms with Crippen molar-refractivity contribution >= 4 is 21.6 Å². The van der Waals surface area contributed by atoms with Gasteiger partial charge in [-0.1, -0.05) is 24.3 Å². The standard InChI is InChI=1S/C21H28N2O4S/c1-15-11-12-19(13-16(15)2)23(28(6,25)26)17(3)21(24)22(4)14-18-9-7-8-10-20(18)27-5/h7-13,17H,14H2,1-6H3. The molecular formula is C21H28N2O4S. The van der Waals surface area contributed by atoms with Gasteiger partial charge in [0.2, 0.25) is 15.9 Å². The molecule has 1 unspecified atom stereocenters. The quantitative estimate of drug-likeness (QED) is 0.711. The lowest BCUT2D eigenvalue weighted by molar-refractivity contribution is -0.131. The molecule has 2 aromatic carbocycles. The fourth-order valence-corrected chi connectivity index (χ4v) is 4.31. The van der Waals surface area contributed by atoms with Crippen LogP contribution in [0.5, 0.6) is 5.75 Å². The van der Waals surface area contributed by atoms with Crippen LogP contribution in [0.25, 0.3) is 0 Å². The third-order valence-corrected chi connectivity index (χ3v) is 6.03. The molecule has 0 radical (unpaired) electrons. The van der Waals surface area contributed by atoms with Crippen molar-refractivity contribution in [2.75, 3.05) is 24.7 Å². The van der Waals surface area contributed by atoms with Crippen molar-refractivity contribution in [3.05, 3.63) is 59.2 Å². The van der Waals surface area contributed by atoms with Crippen LogP contribution in [0.3, 0.4) is 0 Å². The lowest BCUT2D eigenvalue weighted by atomic mass is 10.1. The average Bonchev–Trinajstić information content (AvgIpc) is 2.63. The van der Waals surface area contributed by atoms with Crippen molar-refractivity contribution in [1.82, 2.24) is 4.90 Å². The second-order valence-corrected chi connectivity index (χ2v) is 8.87. The van der Waals surface area contributed by atoms with Gasteiger partial charge in [0.15, 0.2) is 0 Å². The number of sulfonamides is 1. The molecule has 0 aliphatic heterocycles. The highest BCUT2D eigenvalue weighted by atomic mass is 32.2. The van der Waals surface area contributed by atoms with Gasteiger partial charge in [-0.3, -0.25) is 9.10 Å². The summed E-state index contributed by atoms with van der Waals surface area (Å²) in [5.74, 6) is 0.387. The molecule has 152 valence electrons. The Morgan fingerprint density at radius 1 is 1.11 bits per heavy atom. The summed E-state index contributed by atoms with van der Waals surface area (Å²) in [6, 6.07) is 11.9. The number of para-hydroxylation sites is 1. The molecule has 0 fully saturated rings. The van der Waals surface area contributed by atoms with Gasteiger partial charge >= 0.3 is 0 Å². The predicted octanol–water partition coefficient (Wildman–Crippen LogP) is 3.13. The Morgan fingerprint density at radius 3 is 2.32 bits per heavy atom. The second kappa shape index (κ2) is 8.65.